The molecule has 6 rings (SSSR count). The molecule has 4 aromatic rings. The zero-order valence-electron chi connectivity index (χ0n) is 37.5. The lowest BCUT2D eigenvalue weighted by Crippen LogP contribution is -2.25. The Bertz CT molecular complexity index is 1670. The summed E-state index contributed by atoms with van der Waals surface area (Å²) < 4.78 is 0. The van der Waals surface area contributed by atoms with Gasteiger partial charge in [0.05, 0.1) is 0 Å². The van der Waals surface area contributed by atoms with Crippen molar-refractivity contribution < 1.29 is 0 Å². The van der Waals surface area contributed by atoms with Gasteiger partial charge in [0.25, 0.3) is 0 Å². The van der Waals surface area contributed by atoms with Crippen LogP contribution in [0.5, 0.6) is 0 Å². The van der Waals surface area contributed by atoms with E-state index in [4.69, 9.17) is 0 Å². The molecule has 0 nitrogen and oxygen atoms in total. The van der Waals surface area contributed by atoms with Gasteiger partial charge >= 0.3 is 0 Å². The monoisotopic (exact) mass is 753 g/mol. The van der Waals surface area contributed by atoms with Crippen LogP contribution in [-0.4, -0.2) is 0 Å². The fraction of sp³-hybridized carbons (Fsp3) is 0.571. The van der Waals surface area contributed by atoms with E-state index in [2.05, 4.69) is 128 Å². The molecule has 0 aliphatic heterocycles. The summed E-state index contributed by atoms with van der Waals surface area (Å²) in [5.41, 5.74) is 18.6. The average Bonchev–Trinajstić information content (AvgIpc) is 3.59. The second kappa shape index (κ2) is 21.6. The van der Waals surface area contributed by atoms with Crippen LogP contribution in [-0.2, 0) is 10.8 Å². The summed E-state index contributed by atoms with van der Waals surface area (Å²) >= 11 is 0. The maximum atomic E-state index is 2.53. The fourth-order valence-corrected chi connectivity index (χ4v) is 10.5. The minimum absolute atomic E-state index is 0.234. The number of unbranched alkanes of at least 4 members (excludes halogenated alkanes) is 14. The summed E-state index contributed by atoms with van der Waals surface area (Å²) in [6, 6.07) is 28.8. The molecule has 0 saturated carbocycles. The molecule has 0 N–H and O–H groups in total. The second-order valence-electron chi connectivity index (χ2n) is 18.3. The van der Waals surface area contributed by atoms with Crippen molar-refractivity contribution in [2.75, 3.05) is 0 Å². The molecule has 2 aliphatic carbocycles. The number of aryl methyl sites for hydroxylation is 4. The number of hydrogen-bond donors (Lipinski definition) is 0. The Morgan fingerprint density at radius 3 is 0.768 bits per heavy atom. The first kappa shape index (κ1) is 44.0. The van der Waals surface area contributed by atoms with E-state index in [9.17, 15) is 0 Å². The van der Waals surface area contributed by atoms with Crippen molar-refractivity contribution in [3.63, 3.8) is 0 Å². The normalized spacial score (nSPS) is 14.1. The third-order valence-electron chi connectivity index (χ3n) is 13.7. The van der Waals surface area contributed by atoms with Crippen molar-refractivity contribution in [2.45, 2.75) is 207 Å². The number of fused-ring (bicyclic) bond motifs is 6. The Hall–Kier alpha value is -3.12. The highest BCUT2D eigenvalue weighted by atomic mass is 14.5. The molecule has 56 heavy (non-hydrogen) atoms. The zero-order chi connectivity index (χ0) is 40.0. The van der Waals surface area contributed by atoms with Gasteiger partial charge in [0.1, 0.15) is 0 Å². The average molecular weight is 753 g/mol. The number of benzene rings is 4. The van der Waals surface area contributed by atoms with Gasteiger partial charge < -0.3 is 0 Å². The molecule has 0 aromatic heterocycles. The summed E-state index contributed by atoms with van der Waals surface area (Å²) in [5, 5.41) is 0. The largest absolute Gasteiger partial charge is 0.0654 e. The summed E-state index contributed by atoms with van der Waals surface area (Å²) in [4.78, 5) is 0. The molecule has 0 bridgehead atoms. The SMILES string of the molecule is CCCCCC1(CCCCC)c2cc(C)ccc2-c2ccc(C)cc21.CCCCCCCCC1(CCCCCCCC)c2cc(C)ccc2-c2ccc(C)cc21. The molecule has 0 amide bonds. The van der Waals surface area contributed by atoms with Crippen molar-refractivity contribution in [3.8, 4) is 22.3 Å². The summed E-state index contributed by atoms with van der Waals surface area (Å²) in [6.07, 6.45) is 29.8. The van der Waals surface area contributed by atoms with E-state index in [-0.39, 0.29) is 10.8 Å². The first-order valence-corrected chi connectivity index (χ1v) is 23.7. The Morgan fingerprint density at radius 1 is 0.286 bits per heavy atom. The van der Waals surface area contributed by atoms with Gasteiger partial charge in [0.15, 0.2) is 0 Å². The molecule has 304 valence electrons. The maximum absolute atomic E-state index is 2.53. The topological polar surface area (TPSA) is 0 Å². The highest BCUT2D eigenvalue weighted by Gasteiger charge is 2.43. The van der Waals surface area contributed by atoms with E-state index >= 15 is 0 Å². The van der Waals surface area contributed by atoms with Crippen molar-refractivity contribution in [2.24, 2.45) is 0 Å². The molecule has 0 spiro atoms. The Kier molecular flexibility index (Phi) is 17.0. The molecule has 2 aliphatic rings. The molecule has 0 unspecified atom stereocenters. The highest BCUT2D eigenvalue weighted by Crippen LogP contribution is 2.56. The molecular weight excluding hydrogens is 673 g/mol. The molecule has 0 heteroatoms. The quantitative estimate of drug-likeness (QED) is 0.0701. The molecule has 0 saturated heterocycles. The third kappa shape index (κ3) is 10.3. The second-order valence-corrected chi connectivity index (χ2v) is 18.3. The minimum Gasteiger partial charge on any atom is -0.0654 e. The van der Waals surface area contributed by atoms with Crippen LogP contribution in [0.4, 0.5) is 0 Å². The van der Waals surface area contributed by atoms with E-state index in [0.717, 1.165) is 0 Å². The lowest BCUT2D eigenvalue weighted by atomic mass is 9.70. The summed E-state index contributed by atoms with van der Waals surface area (Å²) in [5.74, 6) is 0. The van der Waals surface area contributed by atoms with Gasteiger partial charge in [-0.15, -0.1) is 0 Å². The van der Waals surface area contributed by atoms with Crippen LogP contribution >= 0.6 is 0 Å². The third-order valence-corrected chi connectivity index (χ3v) is 13.7. The fourth-order valence-electron chi connectivity index (χ4n) is 10.5. The minimum atomic E-state index is 0.234. The van der Waals surface area contributed by atoms with Crippen LogP contribution < -0.4 is 0 Å². The summed E-state index contributed by atoms with van der Waals surface area (Å²) in [7, 11) is 0. The first-order chi connectivity index (χ1) is 27.2. The van der Waals surface area contributed by atoms with Crippen molar-refractivity contribution in [3.05, 3.63) is 117 Å². The Balaban J connectivity index is 0.000000219. The summed E-state index contributed by atoms with van der Waals surface area (Å²) in [6.45, 7) is 18.3. The van der Waals surface area contributed by atoms with Crippen molar-refractivity contribution in [1.82, 2.24) is 0 Å². The maximum Gasteiger partial charge on any atom is 0.0215 e. The standard InChI is InChI=1S/C31H46.C25H34/c1-5-7-9-11-13-15-21-31(22-16-14-12-10-8-6-2)29-23-25(3)17-19-27(29)28-20-18-26(4)24-30(28)31;1-5-7-9-15-25(16-10-8-6-2)23-17-19(3)11-13-21(23)22-14-12-20(4)18-24(22)25/h17-20,23-24H,5-16,21-22H2,1-4H3;11-14,17-18H,5-10,15-16H2,1-4H3. The molecule has 0 radical (unpaired) electrons. The highest BCUT2D eigenvalue weighted by molar-refractivity contribution is 5.82. The molecular formula is C56H80. The van der Waals surface area contributed by atoms with E-state index in [1.165, 1.54) is 186 Å². The first-order valence-electron chi connectivity index (χ1n) is 23.7. The Morgan fingerprint density at radius 2 is 0.500 bits per heavy atom. The lowest BCUT2D eigenvalue weighted by Gasteiger charge is -2.33. The van der Waals surface area contributed by atoms with E-state index in [1.807, 2.05) is 0 Å². The van der Waals surface area contributed by atoms with Gasteiger partial charge in [-0.25, -0.2) is 0 Å². The van der Waals surface area contributed by atoms with Crippen LogP contribution in [0.2, 0.25) is 0 Å². The van der Waals surface area contributed by atoms with Crippen LogP contribution in [0.15, 0.2) is 72.8 Å². The van der Waals surface area contributed by atoms with Gasteiger partial charge in [-0.1, -0.05) is 238 Å². The van der Waals surface area contributed by atoms with E-state index in [1.54, 1.807) is 22.3 Å². The molecule has 0 heterocycles. The zero-order valence-corrected chi connectivity index (χ0v) is 37.5. The van der Waals surface area contributed by atoms with Gasteiger partial charge in [-0.2, -0.15) is 0 Å². The van der Waals surface area contributed by atoms with E-state index < -0.39 is 0 Å². The number of rotatable bonds is 22. The van der Waals surface area contributed by atoms with E-state index in [0.29, 0.717) is 0 Å². The predicted octanol–water partition coefficient (Wildman–Crippen LogP) is 17.8. The van der Waals surface area contributed by atoms with Crippen LogP contribution in [0.1, 0.15) is 213 Å². The van der Waals surface area contributed by atoms with Gasteiger partial charge in [0.2, 0.25) is 0 Å². The molecule has 4 aromatic carbocycles. The van der Waals surface area contributed by atoms with Crippen molar-refractivity contribution in [1.29, 1.82) is 0 Å². The number of hydrogen-bond acceptors (Lipinski definition) is 0. The van der Waals surface area contributed by atoms with Crippen LogP contribution in [0.25, 0.3) is 22.3 Å². The van der Waals surface area contributed by atoms with Crippen molar-refractivity contribution >= 4 is 0 Å². The van der Waals surface area contributed by atoms with Gasteiger partial charge in [0, 0.05) is 10.8 Å². The molecule has 0 fully saturated rings. The predicted molar refractivity (Wildman–Crippen MR) is 249 cm³/mol. The van der Waals surface area contributed by atoms with Gasteiger partial charge in [-0.05, 0) is 97.9 Å². The lowest BCUT2D eigenvalue weighted by molar-refractivity contribution is 0.397. The smallest absolute Gasteiger partial charge is 0.0215 e. The van der Waals surface area contributed by atoms with Crippen LogP contribution in [0, 0.1) is 27.7 Å². The molecule has 0 atom stereocenters. The Labute approximate surface area is 345 Å². The van der Waals surface area contributed by atoms with Gasteiger partial charge in [-0.3, -0.25) is 0 Å². The van der Waals surface area contributed by atoms with Crippen LogP contribution in [0.3, 0.4) is 0 Å².